The van der Waals surface area contributed by atoms with E-state index < -0.39 is 0 Å². The minimum absolute atomic E-state index is 0.740. The van der Waals surface area contributed by atoms with Gasteiger partial charge in [0, 0.05) is 29.7 Å². The van der Waals surface area contributed by atoms with Gasteiger partial charge in [-0.15, -0.1) is 0 Å². The Morgan fingerprint density at radius 3 is 2.37 bits per heavy atom. The molecule has 3 rings (SSSR count). The second kappa shape index (κ2) is 5.82. The number of nitrogens with zero attached hydrogens (tertiary/aromatic N) is 1. The zero-order valence-corrected chi connectivity index (χ0v) is 12.4. The van der Waals surface area contributed by atoms with E-state index in [-0.39, 0.29) is 0 Å². The number of hydrogen-bond donors (Lipinski definition) is 1. The average molecular weight is 279 g/mol. The Bertz CT molecular complexity index is 403. The molecule has 0 spiro atoms. The molecule has 0 aromatic heterocycles. The summed E-state index contributed by atoms with van der Waals surface area (Å²) in [6.07, 6.45) is 6.59. The molecule has 0 saturated carbocycles. The normalized spacial score (nSPS) is 30.7. The molecule has 0 aliphatic carbocycles. The van der Waals surface area contributed by atoms with Crippen molar-refractivity contribution in [1.82, 2.24) is 10.2 Å². The van der Waals surface area contributed by atoms with Gasteiger partial charge in [-0.2, -0.15) is 0 Å². The van der Waals surface area contributed by atoms with Crippen molar-refractivity contribution in [2.75, 3.05) is 13.6 Å². The van der Waals surface area contributed by atoms with Crippen LogP contribution in [0.3, 0.4) is 0 Å². The summed E-state index contributed by atoms with van der Waals surface area (Å²) < 4.78 is 0. The Kier molecular flexibility index (Phi) is 4.11. The summed E-state index contributed by atoms with van der Waals surface area (Å²) in [7, 11) is 2.10. The largest absolute Gasteiger partial charge is 0.317 e. The summed E-state index contributed by atoms with van der Waals surface area (Å²) in [5.74, 6) is 0. The van der Waals surface area contributed by atoms with Gasteiger partial charge in [0.05, 0.1) is 0 Å². The van der Waals surface area contributed by atoms with E-state index >= 15 is 0 Å². The Morgan fingerprint density at radius 2 is 1.79 bits per heavy atom. The Hall–Kier alpha value is -0.570. The van der Waals surface area contributed by atoms with Crippen LogP contribution in [0, 0.1) is 0 Å². The predicted octanol–water partition coefficient (Wildman–Crippen LogP) is 3.10. The molecular formula is C16H23ClN2. The quantitative estimate of drug-likeness (QED) is 0.910. The lowest BCUT2D eigenvalue weighted by Gasteiger charge is -2.39. The summed E-state index contributed by atoms with van der Waals surface area (Å²) >= 11 is 5.93. The summed E-state index contributed by atoms with van der Waals surface area (Å²) in [5.41, 5.74) is 1.40. The molecule has 2 aliphatic rings. The van der Waals surface area contributed by atoms with Crippen LogP contribution < -0.4 is 5.32 Å². The van der Waals surface area contributed by atoms with Crippen LogP contribution >= 0.6 is 11.6 Å². The van der Waals surface area contributed by atoms with E-state index in [1.807, 2.05) is 12.1 Å². The maximum atomic E-state index is 5.93. The van der Waals surface area contributed by atoms with Crippen LogP contribution in [0.25, 0.3) is 0 Å². The standard InChI is InChI=1S/C16H23ClN2/c1-18-14-10-15-6-7-16(11-14)19(15)9-8-12-2-4-13(17)5-3-12/h2-5,14-16,18H,6-11H2,1H3. The maximum absolute atomic E-state index is 5.93. The number of hydrogen-bond acceptors (Lipinski definition) is 2. The highest BCUT2D eigenvalue weighted by Gasteiger charge is 2.39. The fourth-order valence-corrected chi connectivity index (χ4v) is 3.91. The van der Waals surface area contributed by atoms with Crippen molar-refractivity contribution in [3.05, 3.63) is 34.9 Å². The highest BCUT2D eigenvalue weighted by molar-refractivity contribution is 6.30. The number of halogens is 1. The van der Waals surface area contributed by atoms with Gasteiger partial charge in [0.15, 0.2) is 0 Å². The van der Waals surface area contributed by atoms with Crippen LogP contribution in [-0.4, -0.2) is 36.6 Å². The topological polar surface area (TPSA) is 15.3 Å². The molecule has 0 radical (unpaired) electrons. The van der Waals surface area contributed by atoms with Gasteiger partial charge >= 0.3 is 0 Å². The molecule has 2 aliphatic heterocycles. The zero-order chi connectivity index (χ0) is 13.2. The van der Waals surface area contributed by atoms with Crippen LogP contribution in [-0.2, 0) is 6.42 Å². The third kappa shape index (κ3) is 2.96. The first kappa shape index (κ1) is 13.4. The summed E-state index contributed by atoms with van der Waals surface area (Å²) in [4.78, 5) is 2.75. The van der Waals surface area contributed by atoms with Gasteiger partial charge < -0.3 is 5.32 Å². The van der Waals surface area contributed by atoms with Crippen molar-refractivity contribution in [3.8, 4) is 0 Å². The third-order valence-electron chi connectivity index (χ3n) is 4.86. The molecule has 2 nitrogen and oxygen atoms in total. The Balaban J connectivity index is 1.58. The first-order valence-electron chi connectivity index (χ1n) is 7.43. The van der Waals surface area contributed by atoms with Crippen LogP contribution in [0.1, 0.15) is 31.2 Å². The molecule has 1 N–H and O–H groups in total. The molecular weight excluding hydrogens is 256 g/mol. The highest BCUT2D eigenvalue weighted by atomic mass is 35.5. The van der Waals surface area contributed by atoms with E-state index in [2.05, 4.69) is 29.4 Å². The van der Waals surface area contributed by atoms with Crippen molar-refractivity contribution in [2.45, 2.75) is 50.2 Å². The van der Waals surface area contributed by atoms with Crippen molar-refractivity contribution < 1.29 is 0 Å². The Labute approximate surface area is 121 Å². The molecule has 3 heteroatoms. The summed E-state index contributed by atoms with van der Waals surface area (Å²) in [6, 6.07) is 10.7. The highest BCUT2D eigenvalue weighted by Crippen LogP contribution is 2.35. The number of fused-ring (bicyclic) bond motifs is 2. The van der Waals surface area contributed by atoms with Crippen LogP contribution in [0.2, 0.25) is 5.02 Å². The van der Waals surface area contributed by atoms with E-state index in [9.17, 15) is 0 Å². The van der Waals surface area contributed by atoms with Gasteiger partial charge in [-0.3, -0.25) is 4.90 Å². The van der Waals surface area contributed by atoms with Crippen molar-refractivity contribution in [3.63, 3.8) is 0 Å². The van der Waals surface area contributed by atoms with Gasteiger partial charge in [-0.1, -0.05) is 23.7 Å². The van der Waals surface area contributed by atoms with E-state index in [0.29, 0.717) is 0 Å². The lowest BCUT2D eigenvalue weighted by atomic mass is 9.97. The number of piperidine rings is 1. The molecule has 2 heterocycles. The Morgan fingerprint density at radius 1 is 1.16 bits per heavy atom. The minimum Gasteiger partial charge on any atom is -0.317 e. The molecule has 1 aromatic rings. The molecule has 2 fully saturated rings. The van der Waals surface area contributed by atoms with Gasteiger partial charge in [-0.25, -0.2) is 0 Å². The van der Waals surface area contributed by atoms with Crippen LogP contribution in [0.5, 0.6) is 0 Å². The fourth-order valence-electron chi connectivity index (χ4n) is 3.78. The molecule has 0 amide bonds. The SMILES string of the molecule is CNC1CC2CCC(C1)N2CCc1ccc(Cl)cc1. The molecule has 104 valence electrons. The van der Waals surface area contributed by atoms with Crippen LogP contribution in [0.4, 0.5) is 0 Å². The molecule has 2 atom stereocenters. The second-order valence-electron chi connectivity index (χ2n) is 5.96. The van der Waals surface area contributed by atoms with Crippen molar-refractivity contribution in [1.29, 1.82) is 0 Å². The summed E-state index contributed by atoms with van der Waals surface area (Å²) in [5, 5.41) is 4.30. The first-order valence-corrected chi connectivity index (χ1v) is 7.81. The molecule has 19 heavy (non-hydrogen) atoms. The summed E-state index contributed by atoms with van der Waals surface area (Å²) in [6.45, 7) is 1.20. The fraction of sp³-hybridized carbons (Fsp3) is 0.625. The molecule has 2 bridgehead atoms. The lowest BCUT2D eigenvalue weighted by Crippen LogP contribution is -2.48. The van der Waals surface area contributed by atoms with E-state index in [4.69, 9.17) is 11.6 Å². The molecule has 1 aromatic carbocycles. The minimum atomic E-state index is 0.740. The first-order chi connectivity index (χ1) is 9.26. The molecule has 2 saturated heterocycles. The van der Waals surface area contributed by atoms with Crippen molar-refractivity contribution in [2.24, 2.45) is 0 Å². The van der Waals surface area contributed by atoms with Crippen molar-refractivity contribution >= 4 is 11.6 Å². The second-order valence-corrected chi connectivity index (χ2v) is 6.39. The monoisotopic (exact) mass is 278 g/mol. The predicted molar refractivity (Wildman–Crippen MR) is 80.8 cm³/mol. The zero-order valence-electron chi connectivity index (χ0n) is 11.6. The van der Waals surface area contributed by atoms with E-state index in [0.717, 1.165) is 29.6 Å². The molecule has 2 unspecified atom stereocenters. The number of rotatable bonds is 4. The third-order valence-corrected chi connectivity index (χ3v) is 5.12. The van der Waals surface area contributed by atoms with Crippen LogP contribution in [0.15, 0.2) is 24.3 Å². The lowest BCUT2D eigenvalue weighted by molar-refractivity contribution is 0.121. The van der Waals surface area contributed by atoms with Gasteiger partial charge in [0.1, 0.15) is 0 Å². The van der Waals surface area contributed by atoms with Gasteiger partial charge in [-0.05, 0) is 56.8 Å². The number of benzene rings is 1. The van der Waals surface area contributed by atoms with E-state index in [1.165, 1.54) is 37.8 Å². The van der Waals surface area contributed by atoms with E-state index in [1.54, 1.807) is 0 Å². The number of nitrogens with one attached hydrogen (secondary N) is 1. The van der Waals surface area contributed by atoms with Gasteiger partial charge in [0.25, 0.3) is 0 Å². The smallest absolute Gasteiger partial charge is 0.0406 e. The maximum Gasteiger partial charge on any atom is 0.0406 e. The average Bonchev–Trinajstić information content (AvgIpc) is 2.67. The van der Waals surface area contributed by atoms with Gasteiger partial charge in [0.2, 0.25) is 0 Å².